The van der Waals surface area contributed by atoms with Crippen LogP contribution in [0.3, 0.4) is 0 Å². The fraction of sp³-hybridized carbons (Fsp3) is 0.0450. The van der Waals surface area contributed by atoms with Crippen LogP contribution in [0.25, 0.3) is 177 Å². The highest BCUT2D eigenvalue weighted by Gasteiger charge is 2.53. The zero-order chi connectivity index (χ0) is 79.7. The molecule has 0 fully saturated rings. The first-order chi connectivity index (χ1) is 60.3. The number of hydrogen-bond donors (Lipinski definition) is 0. The van der Waals surface area contributed by atoms with E-state index in [2.05, 4.69) is 396 Å². The van der Waals surface area contributed by atoms with Gasteiger partial charge in [0.25, 0.3) is 20.1 Å². The summed E-state index contributed by atoms with van der Waals surface area (Å²) in [7, 11) is 0. The first kappa shape index (κ1) is 66.0. The Morgan fingerprint density at radius 2 is 0.664 bits per heavy atom. The summed E-state index contributed by atoms with van der Waals surface area (Å²) >= 11 is 0. The quantitative estimate of drug-likeness (QED) is 0.154. The molecule has 0 saturated carbocycles. The lowest BCUT2D eigenvalue weighted by atomic mass is 9.33. The third kappa shape index (κ3) is 7.96. The van der Waals surface area contributed by atoms with Gasteiger partial charge in [-0.1, -0.05) is 292 Å². The molecule has 0 N–H and O–H groups in total. The van der Waals surface area contributed by atoms with Gasteiger partial charge in [0.1, 0.15) is 11.2 Å². The van der Waals surface area contributed by atoms with Gasteiger partial charge in [-0.05, 0) is 175 Å². The minimum Gasteiger partial charge on any atom is -0.470 e. The number of rotatable bonds is 1. The second-order valence-electron chi connectivity index (χ2n) is 35.3. The lowest BCUT2D eigenvalue weighted by Crippen LogP contribution is -2.55. The second-order valence-corrected chi connectivity index (χ2v) is 35.3. The molecule has 32 rings (SSSR count). The molecule has 122 heavy (non-hydrogen) atoms. The number of allylic oxidation sites excluding steroid dienone is 1. The molecule has 0 saturated heterocycles. The van der Waals surface area contributed by atoms with Crippen LogP contribution in [-0.2, 0) is 5.41 Å². The van der Waals surface area contributed by atoms with E-state index < -0.39 is 0 Å². The summed E-state index contributed by atoms with van der Waals surface area (Å²) in [6.07, 6.45) is 0. The molecule has 1 aliphatic carbocycles. The van der Waals surface area contributed by atoms with E-state index in [1.807, 2.05) is 0 Å². The molecule has 0 atom stereocenters. The molecule has 562 valence electrons. The first-order valence-electron chi connectivity index (χ1n) is 43.0. The lowest BCUT2D eigenvalue weighted by molar-refractivity contribution is 0.652. The summed E-state index contributed by atoms with van der Waals surface area (Å²) in [4.78, 5) is 0. The summed E-state index contributed by atoms with van der Waals surface area (Å²) in [5, 5.41) is 13.2. The number of benzene rings is 16. The molecule has 7 aromatic heterocycles. The summed E-state index contributed by atoms with van der Waals surface area (Å²) < 4.78 is 25.4. The van der Waals surface area contributed by atoms with Gasteiger partial charge < -0.3 is 31.7 Å². The maximum Gasteiger partial charge on any atom is 0.293 e. The lowest BCUT2D eigenvalue weighted by Gasteiger charge is -2.32. The Kier molecular flexibility index (Phi) is 12.6. The smallest absolute Gasteiger partial charge is 0.293 e. The molecular weight excluding hydrogens is 1480 g/mol. The minimum absolute atomic E-state index is 0.0171. The standard InChI is InChI=1S/C32H19BN2.C29H20BN.C26H14BNO.C24H16BNO/c1-2-10-20(11-3-1)34-27-16-8-5-13-23(27)29-24-19-18-22-21-12-4-7-15-26(21)35-28-17-9-6-14-25(28)33(32(29)34)30(24)31(22)35;1-29(2)21-11-5-3-10-19(21)25-20-16-15-18-17-9-4-7-13-23(17)31-24-14-8-6-12-22(24)30(28(25)29)26(20)27(18)31;1-4-10-20-15(7-1)16-13-14-18-23-17-8-2-6-12-22(17)29-26(23)27-19-9-3-5-11-21(19)28(20)25(16)24(18)27;1-13-14(2)26-19-11-6-9-17-21-16-7-3-4-12-20(16)27-24(21)25(22(17)19)18-10-5-8-15(13)23(18)26/h1-19H;3-16H,1-2H3;1-14H;3-12H,1-2H3. The molecule has 23 aromatic rings. The third-order valence-corrected chi connectivity index (χ3v) is 29.6. The molecule has 7 nitrogen and oxygen atoms in total. The Labute approximate surface area is 703 Å². The van der Waals surface area contributed by atoms with Crippen LogP contribution in [0.1, 0.15) is 41.8 Å². The van der Waals surface area contributed by atoms with Crippen molar-refractivity contribution in [1.82, 2.24) is 22.8 Å². The van der Waals surface area contributed by atoms with Gasteiger partial charge in [-0.15, -0.1) is 0 Å². The van der Waals surface area contributed by atoms with Crippen LogP contribution in [0.15, 0.2) is 360 Å². The zero-order valence-corrected chi connectivity index (χ0v) is 67.3. The van der Waals surface area contributed by atoms with Crippen molar-refractivity contribution in [3.63, 3.8) is 0 Å². The number of para-hydroxylation sites is 11. The van der Waals surface area contributed by atoms with Gasteiger partial charge in [0.2, 0.25) is 6.71 Å². The van der Waals surface area contributed by atoms with Crippen LogP contribution < -0.4 is 60.6 Å². The average Bonchev–Trinajstić information content (AvgIpc) is 1.50. The van der Waals surface area contributed by atoms with Gasteiger partial charge in [-0.2, -0.15) is 0 Å². The summed E-state index contributed by atoms with van der Waals surface area (Å²) in [6, 6.07) is 127. The Bertz CT molecular complexity index is 8830. The molecule has 0 unspecified atom stereocenters. The fourth-order valence-electron chi connectivity index (χ4n) is 24.9. The summed E-state index contributed by atoms with van der Waals surface area (Å²) in [5.41, 5.74) is 51.9. The molecule has 8 aliphatic heterocycles. The Morgan fingerprint density at radius 1 is 0.262 bits per heavy atom. The topological polar surface area (TPSA) is 50.9 Å². The molecule has 11 heteroatoms. The van der Waals surface area contributed by atoms with Crippen molar-refractivity contribution in [2.24, 2.45) is 0 Å². The summed E-state index contributed by atoms with van der Waals surface area (Å²) in [5.74, 6) is 0. The van der Waals surface area contributed by atoms with Crippen molar-refractivity contribution in [3.8, 4) is 61.8 Å². The van der Waals surface area contributed by atoms with E-state index >= 15 is 0 Å². The van der Waals surface area contributed by atoms with E-state index in [-0.39, 0.29) is 25.6 Å². The molecule has 0 radical (unpaired) electrons. The largest absolute Gasteiger partial charge is 0.470 e. The normalized spacial score (nSPS) is 14.2. The number of aryl methyl sites for hydroxylation is 1. The van der Waals surface area contributed by atoms with Crippen molar-refractivity contribution in [1.29, 1.82) is 0 Å². The van der Waals surface area contributed by atoms with E-state index in [1.54, 1.807) is 5.47 Å². The third-order valence-electron chi connectivity index (χ3n) is 29.6. The number of hydrogen-bond acceptors (Lipinski definition) is 2. The molecule has 16 aromatic carbocycles. The van der Waals surface area contributed by atoms with Crippen molar-refractivity contribution in [3.05, 3.63) is 379 Å². The van der Waals surface area contributed by atoms with Crippen LogP contribution in [0.2, 0.25) is 0 Å². The van der Waals surface area contributed by atoms with Crippen molar-refractivity contribution in [2.45, 2.75) is 33.1 Å². The van der Waals surface area contributed by atoms with Gasteiger partial charge in [0, 0.05) is 127 Å². The highest BCUT2D eigenvalue weighted by molar-refractivity contribution is 7.03. The van der Waals surface area contributed by atoms with Gasteiger partial charge in [-0.25, -0.2) is 0 Å². The van der Waals surface area contributed by atoms with Crippen molar-refractivity contribution < 1.29 is 8.83 Å². The number of aromatic nitrogens is 5. The van der Waals surface area contributed by atoms with Crippen LogP contribution in [0, 0.1) is 13.8 Å². The predicted molar refractivity (Wildman–Crippen MR) is 512 cm³/mol. The molecule has 0 bridgehead atoms. The van der Waals surface area contributed by atoms with Gasteiger partial charge in [0.05, 0.1) is 44.4 Å². The van der Waals surface area contributed by atoms with E-state index in [0.717, 1.165) is 22.5 Å². The van der Waals surface area contributed by atoms with E-state index in [1.165, 1.54) is 243 Å². The predicted octanol–water partition coefficient (Wildman–Crippen LogP) is 19.0. The Morgan fingerprint density at radius 3 is 1.25 bits per heavy atom. The maximum atomic E-state index is 6.50. The first-order valence-corrected chi connectivity index (χ1v) is 43.0. The van der Waals surface area contributed by atoms with Crippen LogP contribution in [-0.4, -0.2) is 49.7 Å². The van der Waals surface area contributed by atoms with E-state index in [4.69, 9.17) is 8.83 Å². The number of fused-ring (bicyclic) bond motifs is 39. The highest BCUT2D eigenvalue weighted by Crippen LogP contribution is 2.55. The van der Waals surface area contributed by atoms with Crippen LogP contribution in [0.4, 0.5) is 0 Å². The van der Waals surface area contributed by atoms with Crippen molar-refractivity contribution in [2.75, 3.05) is 0 Å². The minimum atomic E-state index is 0.0171. The van der Waals surface area contributed by atoms with Crippen LogP contribution >= 0.6 is 0 Å². The SMILES string of the molecule is CC1(C)C2=C(c3ccccc31)c1ccc3c4ccccc4n4c3c1B2c1ccccc1-4.Cc1c(C)n2c3c(cccc13)B1c3oc4ccccc4c3-c3cccc-2c31.c1ccc(-n2c3c(c4ccccc42)-c2ccc4c5ccccc5n5c4c2B3c2ccccc2-5)cc1.c1ccc2c(c1)B1c3oc4ccccc4c3-c3ccc4c5ccccc5n-2c4c31. The fourth-order valence-corrected chi connectivity index (χ4v) is 24.9. The maximum absolute atomic E-state index is 6.50. The molecule has 15 heterocycles. The van der Waals surface area contributed by atoms with Crippen LogP contribution in [0.5, 0.6) is 0 Å². The molecular formula is C111H69B4N5O2. The Balaban J connectivity index is 0.0000000823. The highest BCUT2D eigenvalue weighted by atomic mass is 16.3. The Hall–Kier alpha value is -14.9. The van der Waals surface area contributed by atoms with E-state index in [0.29, 0.717) is 6.71 Å². The molecule has 0 spiro atoms. The molecule has 0 amide bonds. The molecule has 9 aliphatic rings. The van der Waals surface area contributed by atoms with Gasteiger partial charge >= 0.3 is 0 Å². The van der Waals surface area contributed by atoms with Gasteiger partial charge in [0.15, 0.2) is 0 Å². The second kappa shape index (κ2) is 23.3. The number of furan rings is 2. The number of nitrogens with zero attached hydrogens (tertiary/aromatic N) is 5. The zero-order valence-electron chi connectivity index (χ0n) is 67.3. The summed E-state index contributed by atoms with van der Waals surface area (Å²) in [6.45, 7) is 10.2. The monoisotopic (exact) mass is 1550 g/mol. The van der Waals surface area contributed by atoms with Crippen molar-refractivity contribution >= 4 is 202 Å². The van der Waals surface area contributed by atoms with E-state index in [9.17, 15) is 0 Å². The average molecular weight is 1550 g/mol. The van der Waals surface area contributed by atoms with Gasteiger partial charge in [-0.3, -0.25) is 0 Å².